The number of carbonyl (C=O) groups is 1. The molecule has 0 spiro atoms. The lowest BCUT2D eigenvalue weighted by Gasteiger charge is -2.23. The molecule has 2 unspecified atom stereocenters. The molecule has 0 saturated heterocycles. The molecular weight excluding hydrogens is 672 g/mol. The molecule has 0 aliphatic heterocycles. The third kappa shape index (κ3) is 5.07. The first-order valence-electron chi connectivity index (χ1n) is 15.1. The summed E-state index contributed by atoms with van der Waals surface area (Å²) in [7, 11) is 0. The maximum Gasteiger partial charge on any atom is 0.293 e. The predicted octanol–water partition coefficient (Wildman–Crippen LogP) is 6.36. The van der Waals surface area contributed by atoms with Gasteiger partial charge in [-0.15, -0.1) is 11.3 Å². The minimum absolute atomic E-state index is 0.0117. The Bertz CT molecular complexity index is 2350. The lowest BCUT2D eigenvalue weighted by atomic mass is 10.0. The van der Waals surface area contributed by atoms with Crippen molar-refractivity contribution in [1.82, 2.24) is 34.6 Å². The number of benzene rings is 2. The lowest BCUT2D eigenvalue weighted by molar-refractivity contribution is -0.123. The molecule has 1 N–H and O–H groups in total. The van der Waals surface area contributed by atoms with Crippen LogP contribution in [0.3, 0.4) is 0 Å². The Balaban J connectivity index is 1.24. The molecule has 1 fully saturated rings. The summed E-state index contributed by atoms with van der Waals surface area (Å²) in [6.45, 7) is 0.676. The van der Waals surface area contributed by atoms with Crippen molar-refractivity contribution in [3.8, 4) is 5.69 Å². The van der Waals surface area contributed by atoms with E-state index in [9.17, 15) is 27.2 Å². The van der Waals surface area contributed by atoms with Crippen LogP contribution >= 0.6 is 11.3 Å². The summed E-state index contributed by atoms with van der Waals surface area (Å²) < 4.78 is 90.2. The number of halogens is 6. The average Bonchev–Trinajstić information content (AvgIpc) is 3.33. The largest absolute Gasteiger partial charge is 0.344 e. The first-order valence-corrected chi connectivity index (χ1v) is 16.0. The van der Waals surface area contributed by atoms with Crippen molar-refractivity contribution in [2.24, 2.45) is 11.8 Å². The van der Waals surface area contributed by atoms with Gasteiger partial charge in [0.2, 0.25) is 5.91 Å². The quantitative estimate of drug-likeness (QED) is 0.186. The molecule has 2 aromatic carbocycles. The molecule has 250 valence electrons. The number of pyridine rings is 1. The molecule has 8 rings (SSSR count). The maximum absolute atomic E-state index is 15.5. The van der Waals surface area contributed by atoms with Gasteiger partial charge in [-0.05, 0) is 53.9 Å². The van der Waals surface area contributed by atoms with E-state index in [0.717, 1.165) is 16.8 Å². The minimum Gasteiger partial charge on any atom is -0.344 e. The van der Waals surface area contributed by atoms with E-state index in [2.05, 4.69) is 25.4 Å². The first kappa shape index (κ1) is 31.2. The van der Waals surface area contributed by atoms with Crippen LogP contribution in [0.2, 0.25) is 0 Å². The Morgan fingerprint density at radius 1 is 1.08 bits per heavy atom. The van der Waals surface area contributed by atoms with Gasteiger partial charge in [0.1, 0.15) is 35.4 Å². The van der Waals surface area contributed by atoms with E-state index in [1.807, 2.05) is 0 Å². The standard InChI is InChI=1S/C33H23F6N7O2S/c1-14-24-25-27(29(36)37)44-45(28(25)33(38,39)26(14)24)12-23(47)42-21(9-15-7-16(34)10-17(35)8-15)31-43-30-19(3-2-6-40-30)32(48)46(31)18-4-5-22-20(11-18)41-13-49-22/h2-8,10-11,13-14,21,24,26,29H,9,12H2,1H3,(H,42,47)/t14-,21+,24?,26?/m1/s1. The number of nitrogens with zero attached hydrogens (tertiary/aromatic N) is 6. The molecule has 0 radical (unpaired) electrons. The van der Waals surface area contributed by atoms with Crippen LogP contribution in [-0.2, 0) is 23.7 Å². The molecule has 49 heavy (non-hydrogen) atoms. The fourth-order valence-electron chi connectivity index (χ4n) is 7.12. The molecule has 4 aromatic heterocycles. The third-order valence-electron chi connectivity index (χ3n) is 9.22. The molecule has 6 aromatic rings. The predicted molar refractivity (Wildman–Crippen MR) is 166 cm³/mol. The SMILES string of the molecule is C[C@@H]1C2c3c(C(F)F)nn(CC(=O)N[C@@H](Cc4cc(F)cc(F)c4)c4nc5ncccc5c(=O)n4-c4ccc5scnc5c4)c3C(F)(F)C21. The number of rotatable bonds is 8. The van der Waals surface area contributed by atoms with Crippen LogP contribution in [0.5, 0.6) is 0 Å². The summed E-state index contributed by atoms with van der Waals surface area (Å²) in [4.78, 5) is 40.9. The second-order valence-electron chi connectivity index (χ2n) is 12.2. The van der Waals surface area contributed by atoms with Crippen LogP contribution in [0.25, 0.3) is 26.9 Å². The van der Waals surface area contributed by atoms with Gasteiger partial charge in [-0.2, -0.15) is 13.9 Å². The van der Waals surface area contributed by atoms with E-state index in [-0.39, 0.29) is 34.4 Å². The molecule has 4 heterocycles. The molecule has 2 aliphatic carbocycles. The van der Waals surface area contributed by atoms with Crippen LogP contribution < -0.4 is 10.9 Å². The van der Waals surface area contributed by atoms with Gasteiger partial charge in [0.05, 0.1) is 32.8 Å². The fourth-order valence-corrected chi connectivity index (χ4v) is 7.78. The van der Waals surface area contributed by atoms with E-state index in [1.165, 1.54) is 28.2 Å². The van der Waals surface area contributed by atoms with Gasteiger partial charge in [-0.1, -0.05) is 6.92 Å². The van der Waals surface area contributed by atoms with Crippen molar-refractivity contribution in [3.05, 3.63) is 111 Å². The van der Waals surface area contributed by atoms with Gasteiger partial charge >= 0.3 is 0 Å². The Morgan fingerprint density at radius 3 is 2.61 bits per heavy atom. The Kier molecular flexibility index (Phi) is 7.14. The molecule has 1 amide bonds. The Morgan fingerprint density at radius 2 is 1.86 bits per heavy atom. The van der Waals surface area contributed by atoms with E-state index in [1.54, 1.807) is 36.7 Å². The molecule has 4 atom stereocenters. The smallest absolute Gasteiger partial charge is 0.293 e. The lowest BCUT2D eigenvalue weighted by Crippen LogP contribution is -2.38. The van der Waals surface area contributed by atoms with Gasteiger partial charge in [0.25, 0.3) is 17.9 Å². The summed E-state index contributed by atoms with van der Waals surface area (Å²) >= 11 is 1.38. The van der Waals surface area contributed by atoms with Gasteiger partial charge in [0.15, 0.2) is 5.65 Å². The summed E-state index contributed by atoms with van der Waals surface area (Å²) in [6, 6.07) is 9.50. The van der Waals surface area contributed by atoms with Crippen LogP contribution in [0.15, 0.2) is 65.0 Å². The highest BCUT2D eigenvalue weighted by molar-refractivity contribution is 7.16. The number of fused-ring (bicyclic) bond motifs is 5. The average molecular weight is 696 g/mol. The van der Waals surface area contributed by atoms with E-state index in [0.29, 0.717) is 22.0 Å². The normalized spacial score (nSPS) is 19.7. The summed E-state index contributed by atoms with van der Waals surface area (Å²) in [5.41, 5.74) is 0.253. The Labute approximate surface area is 276 Å². The first-order chi connectivity index (χ1) is 23.4. The number of amides is 1. The molecule has 2 aliphatic rings. The zero-order valence-electron chi connectivity index (χ0n) is 25.3. The molecular formula is C33H23F6N7O2S. The van der Waals surface area contributed by atoms with Crippen molar-refractivity contribution in [3.63, 3.8) is 0 Å². The van der Waals surface area contributed by atoms with Crippen LogP contribution in [0.4, 0.5) is 26.3 Å². The van der Waals surface area contributed by atoms with E-state index in [4.69, 9.17) is 0 Å². The topological polar surface area (TPSA) is 108 Å². The number of aromatic nitrogens is 6. The van der Waals surface area contributed by atoms with Gasteiger partial charge in [-0.25, -0.2) is 32.5 Å². The maximum atomic E-state index is 15.5. The number of alkyl halides is 4. The second kappa shape index (κ2) is 11.2. The van der Waals surface area contributed by atoms with Gasteiger partial charge in [0, 0.05) is 36.1 Å². The zero-order chi connectivity index (χ0) is 34.4. The Hall–Kier alpha value is -5.12. The number of nitrogens with one attached hydrogen (secondary N) is 1. The number of hydrogen-bond donors (Lipinski definition) is 1. The number of hydrogen-bond acceptors (Lipinski definition) is 7. The van der Waals surface area contributed by atoms with Crippen molar-refractivity contribution < 1.29 is 31.1 Å². The number of carbonyl (C=O) groups excluding carboxylic acids is 1. The van der Waals surface area contributed by atoms with Crippen LogP contribution in [0, 0.1) is 23.5 Å². The summed E-state index contributed by atoms with van der Waals surface area (Å²) in [5.74, 6) is -8.81. The summed E-state index contributed by atoms with van der Waals surface area (Å²) in [5, 5.41) is 6.53. The highest BCUT2D eigenvalue weighted by atomic mass is 32.1. The summed E-state index contributed by atoms with van der Waals surface area (Å²) in [6.07, 6.45) is -2.05. The second-order valence-corrected chi connectivity index (χ2v) is 13.1. The minimum atomic E-state index is -3.49. The van der Waals surface area contributed by atoms with Crippen molar-refractivity contribution in [2.45, 2.75) is 44.2 Å². The van der Waals surface area contributed by atoms with Crippen LogP contribution in [0.1, 0.15) is 53.6 Å². The molecule has 0 bridgehead atoms. The number of thiazole rings is 1. The van der Waals surface area contributed by atoms with E-state index < -0.39 is 77.2 Å². The molecule has 16 heteroatoms. The third-order valence-corrected chi connectivity index (χ3v) is 10.0. The fraction of sp³-hybridized carbons (Fsp3) is 0.273. The zero-order valence-corrected chi connectivity index (χ0v) is 26.1. The molecule has 9 nitrogen and oxygen atoms in total. The molecule has 1 saturated carbocycles. The van der Waals surface area contributed by atoms with Crippen molar-refractivity contribution in [2.75, 3.05) is 0 Å². The van der Waals surface area contributed by atoms with E-state index >= 15 is 8.78 Å². The van der Waals surface area contributed by atoms with Gasteiger partial charge in [-0.3, -0.25) is 18.8 Å². The monoisotopic (exact) mass is 695 g/mol. The van der Waals surface area contributed by atoms with Crippen molar-refractivity contribution in [1.29, 1.82) is 0 Å². The highest BCUT2D eigenvalue weighted by Gasteiger charge is 2.71. The van der Waals surface area contributed by atoms with Gasteiger partial charge < -0.3 is 5.32 Å². The van der Waals surface area contributed by atoms with Crippen LogP contribution in [-0.4, -0.2) is 35.2 Å². The highest BCUT2D eigenvalue weighted by Crippen LogP contribution is 2.71. The van der Waals surface area contributed by atoms with Crippen molar-refractivity contribution >= 4 is 38.5 Å².